The predicted molar refractivity (Wildman–Crippen MR) is 143 cm³/mol. The third-order valence-electron chi connectivity index (χ3n) is 5.62. The van der Waals surface area contributed by atoms with Crippen molar-refractivity contribution >= 4 is 33.4 Å². The Kier molecular flexibility index (Phi) is 8.08. The number of hydrogen-bond acceptors (Lipinski definition) is 3. The molecule has 35 heavy (non-hydrogen) atoms. The maximum atomic E-state index is 13.5. The van der Waals surface area contributed by atoms with Gasteiger partial charge in [0.05, 0.1) is 0 Å². The molecule has 0 bridgehead atoms. The van der Waals surface area contributed by atoms with E-state index < -0.39 is 0 Å². The lowest BCUT2D eigenvalue weighted by atomic mass is 10.1. The molecule has 176 valence electrons. The number of anilines is 1. The largest absolute Gasteiger partial charge is 0.330 e. The number of rotatable bonds is 8. The van der Waals surface area contributed by atoms with Gasteiger partial charge < -0.3 is 16.0 Å². The highest BCUT2D eigenvalue weighted by Crippen LogP contribution is 2.22. The highest BCUT2D eigenvalue weighted by Gasteiger charge is 2.19. The molecule has 6 heteroatoms. The van der Waals surface area contributed by atoms with E-state index >= 15 is 0 Å². The standard InChI is InChI=1S/C29H26BrN3O2/c30-26-14-7-13-24(17-26)28(34)32-27-15-5-4-12-25(27)20-33(29(35)23-10-2-1-3-11-23)19-22-9-6-8-21(16-22)18-31/h1-17H,18-20,31H2,(H,32,34). The third kappa shape index (κ3) is 6.44. The minimum Gasteiger partial charge on any atom is -0.330 e. The molecule has 0 aliphatic carbocycles. The van der Waals surface area contributed by atoms with Crippen LogP contribution in [0.15, 0.2) is 108 Å². The SMILES string of the molecule is NCc1cccc(CN(Cc2ccccc2NC(=O)c2cccc(Br)c2)C(=O)c2ccccc2)c1. The maximum absolute atomic E-state index is 13.5. The second kappa shape index (κ2) is 11.6. The minimum absolute atomic E-state index is 0.0862. The Labute approximate surface area is 213 Å². The second-order valence-electron chi connectivity index (χ2n) is 8.17. The monoisotopic (exact) mass is 527 g/mol. The van der Waals surface area contributed by atoms with Crippen LogP contribution in [0.25, 0.3) is 0 Å². The van der Waals surface area contributed by atoms with Gasteiger partial charge in [0.1, 0.15) is 0 Å². The lowest BCUT2D eigenvalue weighted by Crippen LogP contribution is -2.30. The van der Waals surface area contributed by atoms with Gasteiger partial charge in [0.15, 0.2) is 0 Å². The number of nitrogens with zero attached hydrogens (tertiary/aromatic N) is 1. The van der Waals surface area contributed by atoms with Gasteiger partial charge in [0.25, 0.3) is 11.8 Å². The van der Waals surface area contributed by atoms with Crippen molar-refractivity contribution in [3.05, 3.63) is 135 Å². The van der Waals surface area contributed by atoms with Crippen LogP contribution in [0.1, 0.15) is 37.4 Å². The first-order valence-electron chi connectivity index (χ1n) is 11.3. The maximum Gasteiger partial charge on any atom is 0.255 e. The van der Waals surface area contributed by atoms with E-state index in [1.54, 1.807) is 17.0 Å². The van der Waals surface area contributed by atoms with Crippen molar-refractivity contribution in [3.8, 4) is 0 Å². The molecule has 0 heterocycles. The average molecular weight is 528 g/mol. The number of amides is 2. The normalized spacial score (nSPS) is 10.6. The molecule has 0 fully saturated rings. The Morgan fingerprint density at radius 1 is 0.743 bits per heavy atom. The molecule has 0 spiro atoms. The lowest BCUT2D eigenvalue weighted by Gasteiger charge is -2.25. The van der Waals surface area contributed by atoms with E-state index in [2.05, 4.69) is 21.2 Å². The number of para-hydroxylation sites is 1. The first-order chi connectivity index (χ1) is 17.0. The van der Waals surface area contributed by atoms with E-state index in [1.165, 1.54) is 0 Å². The van der Waals surface area contributed by atoms with Crippen LogP contribution in [0.4, 0.5) is 5.69 Å². The van der Waals surface area contributed by atoms with Gasteiger partial charge in [-0.3, -0.25) is 9.59 Å². The quantitative estimate of drug-likeness (QED) is 0.295. The Bertz CT molecular complexity index is 1320. The van der Waals surface area contributed by atoms with E-state index in [-0.39, 0.29) is 11.8 Å². The van der Waals surface area contributed by atoms with E-state index in [0.29, 0.717) is 36.4 Å². The number of nitrogens with two attached hydrogens (primary N) is 1. The summed E-state index contributed by atoms with van der Waals surface area (Å²) in [7, 11) is 0. The van der Waals surface area contributed by atoms with Crippen LogP contribution in [0.3, 0.4) is 0 Å². The van der Waals surface area contributed by atoms with Gasteiger partial charge in [0, 0.05) is 40.9 Å². The van der Waals surface area contributed by atoms with Crippen molar-refractivity contribution < 1.29 is 9.59 Å². The fraction of sp³-hybridized carbons (Fsp3) is 0.103. The smallest absolute Gasteiger partial charge is 0.255 e. The van der Waals surface area contributed by atoms with E-state index in [9.17, 15) is 9.59 Å². The van der Waals surface area contributed by atoms with Gasteiger partial charge in [-0.15, -0.1) is 0 Å². The molecule has 4 aromatic carbocycles. The van der Waals surface area contributed by atoms with Gasteiger partial charge >= 0.3 is 0 Å². The number of carbonyl (C=O) groups is 2. The summed E-state index contributed by atoms with van der Waals surface area (Å²) in [5.74, 6) is -0.299. The summed E-state index contributed by atoms with van der Waals surface area (Å²) in [6, 6.07) is 31.9. The van der Waals surface area contributed by atoms with Gasteiger partial charge in [-0.1, -0.05) is 82.7 Å². The molecule has 4 rings (SSSR count). The highest BCUT2D eigenvalue weighted by molar-refractivity contribution is 9.10. The molecule has 0 radical (unpaired) electrons. The van der Waals surface area contributed by atoms with E-state index in [1.807, 2.05) is 91.0 Å². The molecule has 0 aliphatic heterocycles. The number of carbonyl (C=O) groups excluding carboxylic acids is 2. The molecule has 0 saturated heterocycles. The Hall–Kier alpha value is -3.74. The molecule has 0 aromatic heterocycles. The number of hydrogen-bond donors (Lipinski definition) is 2. The Morgan fingerprint density at radius 3 is 2.20 bits per heavy atom. The highest BCUT2D eigenvalue weighted by atomic mass is 79.9. The predicted octanol–water partition coefficient (Wildman–Crippen LogP) is 6.00. The summed E-state index contributed by atoms with van der Waals surface area (Å²) in [6.45, 7) is 1.18. The first kappa shape index (κ1) is 24.4. The molecular formula is C29H26BrN3O2. The van der Waals surface area contributed by atoms with Gasteiger partial charge in [0.2, 0.25) is 0 Å². The number of benzene rings is 4. The molecule has 3 N–H and O–H groups in total. The van der Waals surface area contributed by atoms with Crippen molar-refractivity contribution in [1.82, 2.24) is 4.90 Å². The van der Waals surface area contributed by atoms with Gasteiger partial charge in [-0.25, -0.2) is 0 Å². The van der Waals surface area contributed by atoms with Crippen molar-refractivity contribution in [2.75, 3.05) is 5.32 Å². The van der Waals surface area contributed by atoms with Crippen LogP contribution in [0.5, 0.6) is 0 Å². The lowest BCUT2D eigenvalue weighted by molar-refractivity contribution is 0.0730. The zero-order valence-electron chi connectivity index (χ0n) is 19.2. The molecule has 0 unspecified atom stereocenters. The minimum atomic E-state index is -0.213. The zero-order valence-corrected chi connectivity index (χ0v) is 20.7. The molecular weight excluding hydrogens is 502 g/mol. The molecule has 0 saturated carbocycles. The van der Waals surface area contributed by atoms with E-state index in [0.717, 1.165) is 21.2 Å². The van der Waals surface area contributed by atoms with Crippen molar-refractivity contribution in [1.29, 1.82) is 0 Å². The average Bonchev–Trinajstić information content (AvgIpc) is 2.89. The third-order valence-corrected chi connectivity index (χ3v) is 6.12. The van der Waals surface area contributed by atoms with Crippen LogP contribution in [-0.4, -0.2) is 16.7 Å². The van der Waals surface area contributed by atoms with Crippen LogP contribution in [-0.2, 0) is 19.6 Å². The summed E-state index contributed by atoms with van der Waals surface area (Å²) in [5, 5.41) is 3.01. The van der Waals surface area contributed by atoms with Gasteiger partial charge in [-0.2, -0.15) is 0 Å². The van der Waals surface area contributed by atoms with Crippen molar-refractivity contribution in [2.45, 2.75) is 19.6 Å². The summed E-state index contributed by atoms with van der Waals surface area (Å²) in [5.41, 5.74) is 10.5. The zero-order chi connectivity index (χ0) is 24.6. The van der Waals surface area contributed by atoms with Crippen LogP contribution in [0.2, 0.25) is 0 Å². The van der Waals surface area contributed by atoms with Crippen LogP contribution < -0.4 is 11.1 Å². The fourth-order valence-corrected chi connectivity index (χ4v) is 4.25. The summed E-state index contributed by atoms with van der Waals surface area (Å²) in [6.07, 6.45) is 0. The summed E-state index contributed by atoms with van der Waals surface area (Å²) >= 11 is 3.41. The Balaban J connectivity index is 1.62. The number of halogens is 1. The van der Waals surface area contributed by atoms with Crippen LogP contribution >= 0.6 is 15.9 Å². The second-order valence-corrected chi connectivity index (χ2v) is 9.09. The summed E-state index contributed by atoms with van der Waals surface area (Å²) < 4.78 is 0.831. The Morgan fingerprint density at radius 2 is 1.43 bits per heavy atom. The fourth-order valence-electron chi connectivity index (χ4n) is 3.85. The van der Waals surface area contributed by atoms with E-state index in [4.69, 9.17) is 5.73 Å². The molecule has 5 nitrogen and oxygen atoms in total. The van der Waals surface area contributed by atoms with Crippen molar-refractivity contribution in [2.24, 2.45) is 5.73 Å². The van der Waals surface area contributed by atoms with Crippen molar-refractivity contribution in [3.63, 3.8) is 0 Å². The van der Waals surface area contributed by atoms with Gasteiger partial charge in [-0.05, 0) is 53.1 Å². The van der Waals surface area contributed by atoms with Crippen LogP contribution in [0, 0.1) is 0 Å². The molecule has 0 aliphatic rings. The number of nitrogens with one attached hydrogen (secondary N) is 1. The summed E-state index contributed by atoms with van der Waals surface area (Å²) in [4.78, 5) is 28.2. The molecule has 4 aromatic rings. The molecule has 2 amide bonds. The first-order valence-corrected chi connectivity index (χ1v) is 12.1. The molecule has 0 atom stereocenters. The topological polar surface area (TPSA) is 75.4 Å².